The lowest BCUT2D eigenvalue weighted by Gasteiger charge is -2.30. The molecule has 11 heteroatoms. The number of ether oxygens (including phenoxy) is 8. The molecule has 188 valence electrons. The van der Waals surface area contributed by atoms with E-state index in [1.165, 1.54) is 6.08 Å². The Kier molecular flexibility index (Phi) is 9.10. The fraction of sp³-hybridized carbons (Fsp3) is 0.773. The Balaban J connectivity index is 1.81. The molecule has 0 aromatic carbocycles. The maximum absolute atomic E-state index is 12.4. The summed E-state index contributed by atoms with van der Waals surface area (Å²) in [5.74, 6) is -0.567. The number of fused-ring (bicyclic) bond motifs is 1. The molecule has 0 aromatic rings. The number of hydrogen-bond acceptors (Lipinski definition) is 11. The topological polar surface area (TPSA) is 125 Å². The van der Waals surface area contributed by atoms with Gasteiger partial charge >= 0.3 is 18.3 Å². The zero-order valence-electron chi connectivity index (χ0n) is 20.0. The summed E-state index contributed by atoms with van der Waals surface area (Å²) < 4.78 is 42.8. The minimum absolute atomic E-state index is 0.0582. The number of esters is 1. The van der Waals surface area contributed by atoms with Crippen LogP contribution in [0, 0.1) is 0 Å². The van der Waals surface area contributed by atoms with Gasteiger partial charge in [0.05, 0.1) is 25.9 Å². The van der Waals surface area contributed by atoms with Gasteiger partial charge in [-0.15, -0.1) is 0 Å². The van der Waals surface area contributed by atoms with Crippen molar-refractivity contribution in [2.24, 2.45) is 0 Å². The van der Waals surface area contributed by atoms with E-state index in [9.17, 15) is 14.4 Å². The molecule has 2 rings (SSSR count). The first-order chi connectivity index (χ1) is 15.3. The molecule has 4 atom stereocenters. The quantitative estimate of drug-likeness (QED) is 0.263. The fourth-order valence-electron chi connectivity index (χ4n) is 3.10. The van der Waals surface area contributed by atoms with Gasteiger partial charge in [-0.25, -0.2) is 14.4 Å². The molecular weight excluding hydrogens is 440 g/mol. The normalized spacial score (nSPS) is 24.7. The van der Waals surface area contributed by atoms with Crippen LogP contribution in [0.5, 0.6) is 0 Å². The smallest absolute Gasteiger partial charge is 0.459 e. The molecular formula is C22H34O11. The zero-order chi connectivity index (χ0) is 24.8. The van der Waals surface area contributed by atoms with Crippen molar-refractivity contribution >= 4 is 18.3 Å². The highest BCUT2D eigenvalue weighted by molar-refractivity contribution is 5.78. The Bertz CT molecular complexity index is 715. The van der Waals surface area contributed by atoms with Crippen molar-refractivity contribution in [2.75, 3.05) is 26.4 Å². The van der Waals surface area contributed by atoms with E-state index in [1.807, 2.05) is 0 Å². The van der Waals surface area contributed by atoms with Gasteiger partial charge in [0.2, 0.25) is 0 Å². The lowest BCUT2D eigenvalue weighted by atomic mass is 10.1. The van der Waals surface area contributed by atoms with Crippen molar-refractivity contribution in [3.8, 4) is 0 Å². The Hall–Kier alpha value is -2.37. The van der Waals surface area contributed by atoms with Gasteiger partial charge in [0.25, 0.3) is 0 Å². The van der Waals surface area contributed by atoms with Crippen LogP contribution in [0.2, 0.25) is 0 Å². The second-order valence-electron chi connectivity index (χ2n) is 9.12. The van der Waals surface area contributed by atoms with Crippen LogP contribution >= 0.6 is 0 Å². The zero-order valence-corrected chi connectivity index (χ0v) is 20.0. The van der Waals surface area contributed by atoms with E-state index >= 15 is 0 Å². The van der Waals surface area contributed by atoms with E-state index < -0.39 is 53.9 Å². The number of carbonyl (C=O) groups excluding carboxylic acids is 3. The van der Waals surface area contributed by atoms with E-state index in [1.54, 1.807) is 41.5 Å². The molecule has 2 aliphatic rings. The Morgan fingerprint density at radius 1 is 1.00 bits per heavy atom. The van der Waals surface area contributed by atoms with Crippen LogP contribution in [0.1, 0.15) is 41.5 Å². The lowest BCUT2D eigenvalue weighted by molar-refractivity contribution is -0.174. The third-order valence-corrected chi connectivity index (χ3v) is 4.75. The molecule has 0 N–H and O–H groups in total. The van der Waals surface area contributed by atoms with Gasteiger partial charge in [0.15, 0.2) is 17.8 Å². The van der Waals surface area contributed by atoms with Crippen LogP contribution in [-0.4, -0.2) is 86.4 Å². The van der Waals surface area contributed by atoms with Crippen LogP contribution < -0.4 is 0 Å². The van der Waals surface area contributed by atoms with Crippen molar-refractivity contribution in [1.29, 1.82) is 0 Å². The van der Waals surface area contributed by atoms with E-state index in [0.29, 0.717) is 0 Å². The van der Waals surface area contributed by atoms with Gasteiger partial charge in [-0.2, -0.15) is 0 Å². The summed E-state index contributed by atoms with van der Waals surface area (Å²) in [5.41, 5.74) is -2.35. The SMILES string of the molecule is C=CCOC(=O)C(C)(C)OCC(C)(C)OC(=O)OC1COC2C(OC(=O)OC(C)C)COC12. The maximum Gasteiger partial charge on any atom is 0.509 e. The third-order valence-electron chi connectivity index (χ3n) is 4.75. The predicted octanol–water partition coefficient (Wildman–Crippen LogP) is 2.54. The lowest BCUT2D eigenvalue weighted by Crippen LogP contribution is -2.43. The van der Waals surface area contributed by atoms with Crippen LogP contribution in [0.15, 0.2) is 12.7 Å². The molecule has 11 nitrogen and oxygen atoms in total. The van der Waals surface area contributed by atoms with Gasteiger partial charge < -0.3 is 37.9 Å². The molecule has 33 heavy (non-hydrogen) atoms. The molecule has 0 radical (unpaired) electrons. The molecule has 2 saturated heterocycles. The predicted molar refractivity (Wildman–Crippen MR) is 113 cm³/mol. The third kappa shape index (κ3) is 7.86. The van der Waals surface area contributed by atoms with Crippen molar-refractivity contribution < 1.29 is 52.3 Å². The summed E-state index contributed by atoms with van der Waals surface area (Å²) in [4.78, 5) is 36.1. The monoisotopic (exact) mass is 474 g/mol. The van der Waals surface area contributed by atoms with Crippen molar-refractivity contribution in [3.05, 3.63) is 12.7 Å². The summed E-state index contributed by atoms with van der Waals surface area (Å²) in [7, 11) is 0. The average Bonchev–Trinajstić information content (AvgIpc) is 3.27. The van der Waals surface area contributed by atoms with E-state index in [-0.39, 0.29) is 32.5 Å². The molecule has 0 aromatic heterocycles. The molecule has 0 amide bonds. The Morgan fingerprint density at radius 2 is 1.55 bits per heavy atom. The van der Waals surface area contributed by atoms with Gasteiger partial charge in [-0.1, -0.05) is 12.7 Å². The van der Waals surface area contributed by atoms with E-state index in [4.69, 9.17) is 37.9 Å². The van der Waals surface area contributed by atoms with Crippen LogP contribution in [0.3, 0.4) is 0 Å². The standard InChI is InChI=1S/C22H34O11/c1-8-9-26-18(23)22(6,7)29-12-21(4,5)33-20(25)32-15-11-28-16-14(10-27-17(15)16)31-19(24)30-13(2)3/h8,13-17H,1,9-12H2,2-7H3. The number of hydrogen-bond donors (Lipinski definition) is 0. The first kappa shape index (κ1) is 26.9. The van der Waals surface area contributed by atoms with Gasteiger partial charge in [-0.3, -0.25) is 0 Å². The molecule has 0 bridgehead atoms. The van der Waals surface area contributed by atoms with Crippen molar-refractivity contribution in [2.45, 2.75) is 83.3 Å². The summed E-state index contributed by atoms with van der Waals surface area (Å²) in [5, 5.41) is 0. The molecule has 2 fully saturated rings. The highest BCUT2D eigenvalue weighted by atomic mass is 16.8. The van der Waals surface area contributed by atoms with E-state index in [2.05, 4.69) is 6.58 Å². The van der Waals surface area contributed by atoms with Crippen LogP contribution in [-0.2, 0) is 42.7 Å². The second kappa shape index (κ2) is 11.2. The van der Waals surface area contributed by atoms with Crippen LogP contribution in [0.25, 0.3) is 0 Å². The number of rotatable bonds is 10. The van der Waals surface area contributed by atoms with Gasteiger partial charge in [-0.05, 0) is 41.5 Å². The highest BCUT2D eigenvalue weighted by Gasteiger charge is 2.52. The first-order valence-corrected chi connectivity index (χ1v) is 10.8. The van der Waals surface area contributed by atoms with Crippen molar-refractivity contribution in [3.63, 3.8) is 0 Å². The highest BCUT2D eigenvalue weighted by Crippen LogP contribution is 2.31. The average molecular weight is 475 g/mol. The Morgan fingerprint density at radius 3 is 2.06 bits per heavy atom. The Labute approximate surface area is 193 Å². The van der Waals surface area contributed by atoms with Gasteiger partial charge in [0, 0.05) is 0 Å². The van der Waals surface area contributed by atoms with Gasteiger partial charge in [0.1, 0.15) is 24.4 Å². The maximum atomic E-state index is 12.4. The second-order valence-corrected chi connectivity index (χ2v) is 9.12. The van der Waals surface area contributed by atoms with Crippen molar-refractivity contribution in [1.82, 2.24) is 0 Å². The summed E-state index contributed by atoms with van der Waals surface area (Å²) in [6, 6.07) is 0. The summed E-state index contributed by atoms with van der Waals surface area (Å²) in [6.45, 7) is 13.4. The summed E-state index contributed by atoms with van der Waals surface area (Å²) >= 11 is 0. The molecule has 2 aliphatic heterocycles. The van der Waals surface area contributed by atoms with Crippen LogP contribution in [0.4, 0.5) is 9.59 Å². The fourth-order valence-corrected chi connectivity index (χ4v) is 3.10. The molecule has 4 unspecified atom stereocenters. The minimum Gasteiger partial charge on any atom is -0.459 e. The number of carbonyl (C=O) groups is 3. The molecule has 2 heterocycles. The minimum atomic E-state index is -1.25. The molecule has 0 saturated carbocycles. The largest absolute Gasteiger partial charge is 0.509 e. The van der Waals surface area contributed by atoms with E-state index in [0.717, 1.165) is 0 Å². The summed E-state index contributed by atoms with van der Waals surface area (Å²) in [6.07, 6.45) is -3.22. The first-order valence-electron chi connectivity index (χ1n) is 10.8. The molecule has 0 aliphatic carbocycles. The molecule has 0 spiro atoms.